The molecule has 0 radical (unpaired) electrons. The molecule has 0 aliphatic heterocycles. The Kier molecular flexibility index (Phi) is 2.26. The minimum absolute atomic E-state index is 0.770. The third-order valence-electron chi connectivity index (χ3n) is 2.65. The second kappa shape index (κ2) is 3.90. The molecule has 4 nitrogen and oxygen atoms in total. The van der Waals surface area contributed by atoms with E-state index < -0.39 is 0 Å². The maximum absolute atomic E-state index is 4.35. The standard InChI is InChI=1S/C13H12N4/c1-10-9-15-13-12(14-7-8-17(10)13)16-11-5-3-2-4-6-11/h2-9H,1H3,(H,14,16). The molecule has 0 aliphatic rings. The zero-order chi connectivity index (χ0) is 11.7. The Labute approximate surface area is 99.0 Å². The SMILES string of the molecule is Cc1cnc2c(Nc3ccccc3)nccn12. The lowest BCUT2D eigenvalue weighted by molar-refractivity contribution is 1.08. The van der Waals surface area contributed by atoms with Crippen molar-refractivity contribution in [2.45, 2.75) is 6.92 Å². The molecule has 3 aromatic rings. The van der Waals surface area contributed by atoms with E-state index in [1.807, 2.05) is 54.0 Å². The highest BCUT2D eigenvalue weighted by atomic mass is 15.1. The summed E-state index contributed by atoms with van der Waals surface area (Å²) in [6, 6.07) is 9.96. The number of nitrogens with one attached hydrogen (secondary N) is 1. The van der Waals surface area contributed by atoms with Crippen LogP contribution in [0.5, 0.6) is 0 Å². The molecule has 0 unspecified atom stereocenters. The Bertz CT molecular complexity index is 643. The summed E-state index contributed by atoms with van der Waals surface area (Å²) < 4.78 is 2.01. The number of hydrogen-bond donors (Lipinski definition) is 1. The van der Waals surface area contributed by atoms with Crippen LogP contribution >= 0.6 is 0 Å². The van der Waals surface area contributed by atoms with Crippen LogP contribution in [-0.4, -0.2) is 14.4 Å². The molecule has 3 rings (SSSR count). The van der Waals surface area contributed by atoms with Crippen LogP contribution in [0.25, 0.3) is 5.65 Å². The Morgan fingerprint density at radius 2 is 1.94 bits per heavy atom. The zero-order valence-corrected chi connectivity index (χ0v) is 9.46. The number of para-hydroxylation sites is 1. The van der Waals surface area contributed by atoms with Gasteiger partial charge in [0, 0.05) is 30.0 Å². The van der Waals surface area contributed by atoms with Crippen molar-refractivity contribution < 1.29 is 0 Å². The Morgan fingerprint density at radius 1 is 1.12 bits per heavy atom. The summed E-state index contributed by atoms with van der Waals surface area (Å²) in [6.45, 7) is 2.02. The van der Waals surface area contributed by atoms with E-state index >= 15 is 0 Å². The molecule has 2 aromatic heterocycles. The van der Waals surface area contributed by atoms with Gasteiger partial charge in [0.15, 0.2) is 11.5 Å². The van der Waals surface area contributed by atoms with Crippen LogP contribution in [0.15, 0.2) is 48.9 Å². The molecule has 4 heteroatoms. The first-order valence-corrected chi connectivity index (χ1v) is 5.45. The zero-order valence-electron chi connectivity index (χ0n) is 9.46. The van der Waals surface area contributed by atoms with Crippen molar-refractivity contribution >= 4 is 17.2 Å². The molecule has 2 heterocycles. The number of imidazole rings is 1. The average molecular weight is 224 g/mol. The second-order valence-corrected chi connectivity index (χ2v) is 3.86. The lowest BCUT2D eigenvalue weighted by atomic mass is 10.3. The summed E-state index contributed by atoms with van der Waals surface area (Å²) in [6.07, 6.45) is 5.52. The van der Waals surface area contributed by atoms with Crippen LogP contribution in [0.2, 0.25) is 0 Å². The van der Waals surface area contributed by atoms with E-state index in [-0.39, 0.29) is 0 Å². The maximum atomic E-state index is 4.35. The normalized spacial score (nSPS) is 10.6. The minimum atomic E-state index is 0.770. The number of fused-ring (bicyclic) bond motifs is 1. The van der Waals surface area contributed by atoms with Gasteiger partial charge in [0.1, 0.15) is 0 Å². The van der Waals surface area contributed by atoms with Crippen LogP contribution in [0.1, 0.15) is 5.69 Å². The molecule has 0 aliphatic carbocycles. The Morgan fingerprint density at radius 3 is 2.76 bits per heavy atom. The number of nitrogens with zero attached hydrogens (tertiary/aromatic N) is 3. The number of hydrogen-bond acceptors (Lipinski definition) is 3. The van der Waals surface area contributed by atoms with Gasteiger partial charge in [-0.1, -0.05) is 18.2 Å². The van der Waals surface area contributed by atoms with Gasteiger partial charge in [-0.15, -0.1) is 0 Å². The fourth-order valence-electron chi connectivity index (χ4n) is 1.79. The predicted octanol–water partition coefficient (Wildman–Crippen LogP) is 2.78. The fraction of sp³-hybridized carbons (Fsp3) is 0.0769. The third kappa shape index (κ3) is 1.73. The number of aromatic nitrogens is 3. The smallest absolute Gasteiger partial charge is 0.180 e. The van der Waals surface area contributed by atoms with Gasteiger partial charge >= 0.3 is 0 Å². The summed E-state index contributed by atoms with van der Waals surface area (Å²) in [5, 5.41) is 3.27. The molecule has 0 saturated carbocycles. The summed E-state index contributed by atoms with van der Waals surface area (Å²) in [4.78, 5) is 8.67. The number of rotatable bonds is 2. The van der Waals surface area contributed by atoms with Crippen LogP contribution in [0, 0.1) is 6.92 Å². The first-order valence-electron chi connectivity index (χ1n) is 5.45. The molecule has 1 aromatic carbocycles. The first-order chi connectivity index (χ1) is 8.34. The molecule has 17 heavy (non-hydrogen) atoms. The van der Waals surface area contributed by atoms with E-state index in [0.717, 1.165) is 22.8 Å². The Balaban J connectivity index is 2.06. The first kappa shape index (κ1) is 9.84. The molecule has 1 N–H and O–H groups in total. The van der Waals surface area contributed by atoms with Crippen LogP contribution in [0.3, 0.4) is 0 Å². The molecule has 0 atom stereocenters. The lowest BCUT2D eigenvalue weighted by Gasteiger charge is -2.06. The number of benzene rings is 1. The highest BCUT2D eigenvalue weighted by Gasteiger charge is 2.05. The molecule has 0 amide bonds. The minimum Gasteiger partial charge on any atom is -0.337 e. The molecular formula is C13H12N4. The monoisotopic (exact) mass is 224 g/mol. The lowest BCUT2D eigenvalue weighted by Crippen LogP contribution is -1.98. The summed E-state index contributed by atoms with van der Waals surface area (Å²) >= 11 is 0. The molecule has 0 spiro atoms. The predicted molar refractivity (Wildman–Crippen MR) is 67.4 cm³/mol. The van der Waals surface area contributed by atoms with Crippen LogP contribution < -0.4 is 5.32 Å². The third-order valence-corrected chi connectivity index (χ3v) is 2.65. The van der Waals surface area contributed by atoms with Gasteiger partial charge in [-0.05, 0) is 19.1 Å². The molecular weight excluding hydrogens is 212 g/mol. The largest absolute Gasteiger partial charge is 0.337 e. The van der Waals surface area contributed by atoms with Crippen molar-refractivity contribution in [3.8, 4) is 0 Å². The fourth-order valence-corrected chi connectivity index (χ4v) is 1.79. The maximum Gasteiger partial charge on any atom is 0.180 e. The topological polar surface area (TPSA) is 42.2 Å². The van der Waals surface area contributed by atoms with Gasteiger partial charge in [0.2, 0.25) is 0 Å². The van der Waals surface area contributed by atoms with Gasteiger partial charge in [-0.25, -0.2) is 9.97 Å². The van der Waals surface area contributed by atoms with E-state index in [4.69, 9.17) is 0 Å². The van der Waals surface area contributed by atoms with Crippen molar-refractivity contribution in [3.05, 3.63) is 54.6 Å². The highest BCUT2D eigenvalue weighted by Crippen LogP contribution is 2.18. The average Bonchev–Trinajstić information content (AvgIpc) is 2.74. The van der Waals surface area contributed by atoms with E-state index in [2.05, 4.69) is 15.3 Å². The second-order valence-electron chi connectivity index (χ2n) is 3.86. The molecule has 0 bridgehead atoms. The van der Waals surface area contributed by atoms with Crippen LogP contribution in [0.4, 0.5) is 11.5 Å². The van der Waals surface area contributed by atoms with Gasteiger partial charge in [-0.3, -0.25) is 4.40 Å². The van der Waals surface area contributed by atoms with E-state index in [0.29, 0.717) is 0 Å². The van der Waals surface area contributed by atoms with E-state index in [1.165, 1.54) is 0 Å². The molecule has 0 saturated heterocycles. The van der Waals surface area contributed by atoms with Gasteiger partial charge < -0.3 is 5.32 Å². The van der Waals surface area contributed by atoms with E-state index in [9.17, 15) is 0 Å². The molecule has 0 fully saturated rings. The van der Waals surface area contributed by atoms with Crippen molar-refractivity contribution in [2.24, 2.45) is 0 Å². The summed E-state index contributed by atoms with van der Waals surface area (Å²) in [7, 11) is 0. The molecule has 84 valence electrons. The van der Waals surface area contributed by atoms with Crippen molar-refractivity contribution in [1.29, 1.82) is 0 Å². The highest BCUT2D eigenvalue weighted by molar-refractivity contribution is 5.69. The van der Waals surface area contributed by atoms with Gasteiger partial charge in [0.25, 0.3) is 0 Å². The number of anilines is 2. The summed E-state index contributed by atoms with van der Waals surface area (Å²) in [5.41, 5.74) is 2.95. The summed E-state index contributed by atoms with van der Waals surface area (Å²) in [5.74, 6) is 0.770. The van der Waals surface area contributed by atoms with Crippen LogP contribution in [-0.2, 0) is 0 Å². The number of aryl methyl sites for hydroxylation is 1. The van der Waals surface area contributed by atoms with Crippen molar-refractivity contribution in [2.75, 3.05) is 5.32 Å². The van der Waals surface area contributed by atoms with Crippen molar-refractivity contribution in [1.82, 2.24) is 14.4 Å². The Hall–Kier alpha value is -2.36. The van der Waals surface area contributed by atoms with E-state index in [1.54, 1.807) is 6.20 Å². The van der Waals surface area contributed by atoms with Crippen molar-refractivity contribution in [3.63, 3.8) is 0 Å². The quantitative estimate of drug-likeness (QED) is 0.727. The van der Waals surface area contributed by atoms with Gasteiger partial charge in [-0.2, -0.15) is 0 Å². The van der Waals surface area contributed by atoms with Gasteiger partial charge in [0.05, 0.1) is 0 Å².